The summed E-state index contributed by atoms with van der Waals surface area (Å²) in [4.78, 5) is 12.2. The molecule has 0 saturated heterocycles. The van der Waals surface area contributed by atoms with E-state index in [0.717, 1.165) is 23.4 Å². The zero-order valence-corrected chi connectivity index (χ0v) is 13.4. The van der Waals surface area contributed by atoms with E-state index in [2.05, 4.69) is 5.10 Å². The lowest BCUT2D eigenvalue weighted by Gasteiger charge is -2.12. The van der Waals surface area contributed by atoms with Crippen molar-refractivity contribution in [1.82, 2.24) is 9.78 Å². The van der Waals surface area contributed by atoms with Crippen LogP contribution in [0.15, 0.2) is 35.1 Å². The highest BCUT2D eigenvalue weighted by molar-refractivity contribution is 5.61. The average Bonchev–Trinajstić information content (AvgIpc) is 2.49. The van der Waals surface area contributed by atoms with Crippen LogP contribution in [0.2, 0.25) is 0 Å². The number of ether oxygens (including phenoxy) is 1. The van der Waals surface area contributed by atoms with Gasteiger partial charge in [-0.15, -0.1) is 0 Å². The van der Waals surface area contributed by atoms with Gasteiger partial charge in [0.05, 0.1) is 11.8 Å². The number of hydrogen-bond acceptors (Lipinski definition) is 4. The van der Waals surface area contributed by atoms with Crippen LogP contribution in [0.25, 0.3) is 11.3 Å². The van der Waals surface area contributed by atoms with Gasteiger partial charge in [-0.2, -0.15) is 5.10 Å². The van der Waals surface area contributed by atoms with Crippen LogP contribution in [0.4, 0.5) is 0 Å². The molecular formula is C17H23N3O2. The third-order valence-electron chi connectivity index (χ3n) is 3.21. The SMILES string of the molecule is CCCn1nc(-c2cccc(OC(C)C)c2)cc(CN)c1=O. The van der Waals surface area contributed by atoms with Crippen LogP contribution in [0.3, 0.4) is 0 Å². The fraction of sp³-hybridized carbons (Fsp3) is 0.412. The van der Waals surface area contributed by atoms with Crippen LogP contribution in [0.5, 0.6) is 5.75 Å². The second-order valence-corrected chi connectivity index (χ2v) is 5.48. The van der Waals surface area contributed by atoms with Gasteiger partial charge < -0.3 is 10.5 Å². The molecule has 1 heterocycles. The highest BCUT2D eigenvalue weighted by atomic mass is 16.5. The maximum absolute atomic E-state index is 12.2. The van der Waals surface area contributed by atoms with Crippen molar-refractivity contribution in [3.63, 3.8) is 0 Å². The summed E-state index contributed by atoms with van der Waals surface area (Å²) in [7, 11) is 0. The minimum absolute atomic E-state index is 0.108. The summed E-state index contributed by atoms with van der Waals surface area (Å²) >= 11 is 0. The predicted octanol–water partition coefficient (Wildman–Crippen LogP) is 2.57. The molecule has 0 saturated carbocycles. The third kappa shape index (κ3) is 3.74. The van der Waals surface area contributed by atoms with E-state index in [9.17, 15) is 4.79 Å². The van der Waals surface area contributed by atoms with E-state index >= 15 is 0 Å². The molecule has 0 fully saturated rings. The molecule has 1 aromatic carbocycles. The van der Waals surface area contributed by atoms with Gasteiger partial charge in [0.1, 0.15) is 5.75 Å². The van der Waals surface area contributed by atoms with Crippen molar-refractivity contribution in [2.75, 3.05) is 0 Å². The van der Waals surface area contributed by atoms with Gasteiger partial charge in [0.25, 0.3) is 5.56 Å². The molecule has 5 nitrogen and oxygen atoms in total. The van der Waals surface area contributed by atoms with Gasteiger partial charge in [0.15, 0.2) is 0 Å². The molecule has 0 spiro atoms. The summed E-state index contributed by atoms with van der Waals surface area (Å²) in [5.74, 6) is 0.789. The molecule has 0 unspecified atom stereocenters. The highest BCUT2D eigenvalue weighted by Gasteiger charge is 2.09. The van der Waals surface area contributed by atoms with Crippen LogP contribution in [-0.4, -0.2) is 15.9 Å². The van der Waals surface area contributed by atoms with Gasteiger partial charge in [0, 0.05) is 24.2 Å². The summed E-state index contributed by atoms with van der Waals surface area (Å²) in [5.41, 5.74) is 7.81. The molecule has 2 rings (SSSR count). The van der Waals surface area contributed by atoms with E-state index in [1.165, 1.54) is 4.68 Å². The maximum Gasteiger partial charge on any atom is 0.271 e. The lowest BCUT2D eigenvalue weighted by Crippen LogP contribution is -2.28. The summed E-state index contributed by atoms with van der Waals surface area (Å²) in [5, 5.41) is 4.45. The van der Waals surface area contributed by atoms with E-state index in [4.69, 9.17) is 10.5 Å². The Kier molecular flexibility index (Phi) is 5.33. The molecule has 2 N–H and O–H groups in total. The summed E-state index contributed by atoms with van der Waals surface area (Å²) in [6.45, 7) is 6.78. The lowest BCUT2D eigenvalue weighted by molar-refractivity contribution is 0.242. The van der Waals surface area contributed by atoms with Gasteiger partial charge in [-0.3, -0.25) is 4.79 Å². The number of aryl methyl sites for hydroxylation is 1. The quantitative estimate of drug-likeness (QED) is 0.890. The van der Waals surface area contributed by atoms with Crippen molar-refractivity contribution in [2.24, 2.45) is 5.73 Å². The Labute approximate surface area is 130 Å². The van der Waals surface area contributed by atoms with E-state index in [1.807, 2.05) is 45.0 Å². The Morgan fingerprint density at radius 1 is 1.32 bits per heavy atom. The number of nitrogens with zero attached hydrogens (tertiary/aromatic N) is 2. The monoisotopic (exact) mass is 301 g/mol. The third-order valence-corrected chi connectivity index (χ3v) is 3.21. The second-order valence-electron chi connectivity index (χ2n) is 5.48. The molecule has 2 aromatic rings. The molecule has 0 amide bonds. The van der Waals surface area contributed by atoms with Crippen molar-refractivity contribution in [2.45, 2.75) is 46.4 Å². The molecule has 0 aliphatic carbocycles. The van der Waals surface area contributed by atoms with E-state index in [0.29, 0.717) is 12.1 Å². The smallest absolute Gasteiger partial charge is 0.271 e. The first-order valence-corrected chi connectivity index (χ1v) is 7.63. The molecule has 1 aromatic heterocycles. The Hall–Kier alpha value is -2.14. The molecule has 118 valence electrons. The number of hydrogen-bond donors (Lipinski definition) is 1. The van der Waals surface area contributed by atoms with Crippen molar-refractivity contribution in [1.29, 1.82) is 0 Å². The average molecular weight is 301 g/mol. The molecule has 0 aliphatic heterocycles. The second kappa shape index (κ2) is 7.22. The standard InChI is InChI=1S/C17H23N3O2/c1-4-8-20-17(21)14(11-18)10-16(19-20)13-6-5-7-15(9-13)22-12(2)3/h5-7,9-10,12H,4,8,11,18H2,1-3H3. The summed E-state index contributed by atoms with van der Waals surface area (Å²) in [6, 6.07) is 9.49. The Morgan fingerprint density at radius 3 is 2.73 bits per heavy atom. The van der Waals surface area contributed by atoms with Crippen LogP contribution < -0.4 is 16.0 Å². The Morgan fingerprint density at radius 2 is 2.09 bits per heavy atom. The van der Waals surface area contributed by atoms with Gasteiger partial charge in [0.2, 0.25) is 0 Å². The largest absolute Gasteiger partial charge is 0.491 e. The maximum atomic E-state index is 12.2. The lowest BCUT2D eigenvalue weighted by atomic mass is 10.1. The van der Waals surface area contributed by atoms with Crippen molar-refractivity contribution in [3.8, 4) is 17.0 Å². The number of nitrogens with two attached hydrogens (primary N) is 1. The fourth-order valence-electron chi connectivity index (χ4n) is 2.25. The van der Waals surface area contributed by atoms with Crippen LogP contribution in [-0.2, 0) is 13.1 Å². The summed E-state index contributed by atoms with van der Waals surface area (Å²) < 4.78 is 7.21. The normalized spacial score (nSPS) is 11.0. The number of aromatic nitrogens is 2. The van der Waals surface area contributed by atoms with E-state index in [1.54, 1.807) is 6.07 Å². The first-order chi connectivity index (χ1) is 10.5. The van der Waals surface area contributed by atoms with Crippen LogP contribution >= 0.6 is 0 Å². The molecule has 0 atom stereocenters. The van der Waals surface area contributed by atoms with Crippen molar-refractivity contribution in [3.05, 3.63) is 46.2 Å². The Bertz CT molecular complexity index is 693. The van der Waals surface area contributed by atoms with Gasteiger partial charge >= 0.3 is 0 Å². The van der Waals surface area contributed by atoms with Gasteiger partial charge in [-0.1, -0.05) is 19.1 Å². The molecule has 22 heavy (non-hydrogen) atoms. The minimum atomic E-state index is -0.109. The first kappa shape index (κ1) is 16.2. The summed E-state index contributed by atoms with van der Waals surface area (Å²) in [6.07, 6.45) is 0.952. The van der Waals surface area contributed by atoms with E-state index in [-0.39, 0.29) is 18.2 Å². The van der Waals surface area contributed by atoms with E-state index < -0.39 is 0 Å². The van der Waals surface area contributed by atoms with Gasteiger partial charge in [-0.25, -0.2) is 4.68 Å². The predicted molar refractivity (Wildman–Crippen MR) is 87.9 cm³/mol. The molecular weight excluding hydrogens is 278 g/mol. The zero-order valence-electron chi connectivity index (χ0n) is 13.4. The zero-order chi connectivity index (χ0) is 16.1. The van der Waals surface area contributed by atoms with Crippen LogP contribution in [0.1, 0.15) is 32.8 Å². The highest BCUT2D eigenvalue weighted by Crippen LogP contribution is 2.23. The first-order valence-electron chi connectivity index (χ1n) is 7.63. The van der Waals surface area contributed by atoms with Gasteiger partial charge in [-0.05, 0) is 38.5 Å². The molecule has 0 radical (unpaired) electrons. The Balaban J connectivity index is 2.47. The molecule has 0 aliphatic rings. The number of rotatable bonds is 6. The fourth-order valence-corrected chi connectivity index (χ4v) is 2.25. The van der Waals surface area contributed by atoms with Crippen LogP contribution in [0, 0.1) is 0 Å². The topological polar surface area (TPSA) is 70.1 Å². The minimum Gasteiger partial charge on any atom is -0.491 e. The molecule has 5 heteroatoms. The van der Waals surface area contributed by atoms with Crippen molar-refractivity contribution < 1.29 is 4.74 Å². The van der Waals surface area contributed by atoms with Crippen molar-refractivity contribution >= 4 is 0 Å². The number of benzene rings is 1. The molecule has 0 bridgehead atoms.